The molecule has 0 saturated heterocycles. The molecule has 1 aromatic carbocycles. The number of nitrogens with two attached hydrogens (primary N) is 1. The van der Waals surface area contributed by atoms with Crippen molar-refractivity contribution in [3.05, 3.63) is 33.9 Å². The van der Waals surface area contributed by atoms with Crippen molar-refractivity contribution in [2.24, 2.45) is 5.73 Å². The lowest BCUT2D eigenvalue weighted by Crippen LogP contribution is -2.17. The largest absolute Gasteiger partial charge is 0.508 e. The summed E-state index contributed by atoms with van der Waals surface area (Å²) in [4.78, 5) is 21.2. The van der Waals surface area contributed by atoms with E-state index in [-0.39, 0.29) is 23.4 Å². The molecule has 0 fully saturated rings. The van der Waals surface area contributed by atoms with Crippen LogP contribution >= 0.6 is 0 Å². The molecule has 1 atom stereocenters. The minimum Gasteiger partial charge on any atom is -0.508 e. The first-order chi connectivity index (χ1) is 7.95. The number of nitrogens with zero attached hydrogens (tertiary/aromatic N) is 1. The summed E-state index contributed by atoms with van der Waals surface area (Å²) in [7, 11) is 1.20. The molecule has 0 aliphatic rings. The van der Waals surface area contributed by atoms with Gasteiger partial charge in [0.25, 0.3) is 5.69 Å². The van der Waals surface area contributed by atoms with E-state index in [0.717, 1.165) is 6.07 Å². The van der Waals surface area contributed by atoms with Gasteiger partial charge in [-0.05, 0) is 12.1 Å². The van der Waals surface area contributed by atoms with Crippen molar-refractivity contribution >= 4 is 11.7 Å². The number of hydrogen-bond donors (Lipinski definition) is 2. The zero-order valence-corrected chi connectivity index (χ0v) is 9.12. The Morgan fingerprint density at radius 1 is 1.65 bits per heavy atom. The summed E-state index contributed by atoms with van der Waals surface area (Å²) in [6, 6.07) is 2.61. The number of benzene rings is 1. The lowest BCUT2D eigenvalue weighted by molar-refractivity contribution is -0.385. The molecular formula is C10H12N2O5. The molecule has 0 heterocycles. The number of hydrogen-bond acceptors (Lipinski definition) is 6. The summed E-state index contributed by atoms with van der Waals surface area (Å²) in [6.07, 6.45) is -0.194. The minimum absolute atomic E-state index is 0.0976. The molecule has 0 bridgehead atoms. The van der Waals surface area contributed by atoms with Gasteiger partial charge < -0.3 is 15.6 Å². The fourth-order valence-electron chi connectivity index (χ4n) is 1.38. The first-order valence-corrected chi connectivity index (χ1v) is 4.75. The van der Waals surface area contributed by atoms with Crippen LogP contribution in [0.4, 0.5) is 5.69 Å². The molecule has 0 aliphatic carbocycles. The van der Waals surface area contributed by atoms with Gasteiger partial charge in [0.2, 0.25) is 0 Å². The second-order valence-electron chi connectivity index (χ2n) is 3.39. The standard InChI is InChI=1S/C10H12N2O5/c1-17-10(14)5-8(11)7-4-6(13)2-3-9(7)12(15)16/h2-4,8,13H,5,11H2,1H3/t8-/m0/s1. The van der Waals surface area contributed by atoms with Gasteiger partial charge in [-0.3, -0.25) is 14.9 Å². The molecule has 7 nitrogen and oxygen atoms in total. The summed E-state index contributed by atoms with van der Waals surface area (Å²) >= 11 is 0. The van der Waals surface area contributed by atoms with E-state index in [2.05, 4.69) is 4.74 Å². The second-order valence-corrected chi connectivity index (χ2v) is 3.39. The highest BCUT2D eigenvalue weighted by Crippen LogP contribution is 2.29. The van der Waals surface area contributed by atoms with E-state index >= 15 is 0 Å². The fourth-order valence-corrected chi connectivity index (χ4v) is 1.38. The number of aromatic hydroxyl groups is 1. The van der Waals surface area contributed by atoms with Crippen LogP contribution in [-0.2, 0) is 9.53 Å². The van der Waals surface area contributed by atoms with Crippen molar-refractivity contribution < 1.29 is 19.6 Å². The van der Waals surface area contributed by atoms with Crippen molar-refractivity contribution in [2.45, 2.75) is 12.5 Å². The van der Waals surface area contributed by atoms with Gasteiger partial charge in [0.05, 0.1) is 24.0 Å². The molecule has 0 aliphatic heterocycles. The fraction of sp³-hybridized carbons (Fsp3) is 0.300. The Kier molecular flexibility index (Phi) is 4.00. The highest BCUT2D eigenvalue weighted by Gasteiger charge is 2.22. The number of esters is 1. The van der Waals surface area contributed by atoms with Crippen molar-refractivity contribution in [3.8, 4) is 5.75 Å². The van der Waals surface area contributed by atoms with Gasteiger partial charge >= 0.3 is 5.97 Å². The van der Waals surface area contributed by atoms with Crippen LogP contribution in [-0.4, -0.2) is 23.1 Å². The predicted octanol–water partition coefficient (Wildman–Crippen LogP) is 0.863. The molecule has 17 heavy (non-hydrogen) atoms. The Morgan fingerprint density at radius 2 is 2.29 bits per heavy atom. The van der Waals surface area contributed by atoms with Crippen LogP contribution < -0.4 is 5.73 Å². The highest BCUT2D eigenvalue weighted by molar-refractivity contribution is 5.70. The molecule has 0 aromatic heterocycles. The van der Waals surface area contributed by atoms with Gasteiger partial charge in [0.15, 0.2) is 0 Å². The molecule has 92 valence electrons. The first kappa shape index (κ1) is 12.9. The van der Waals surface area contributed by atoms with Gasteiger partial charge in [-0.25, -0.2) is 0 Å². The van der Waals surface area contributed by atoms with Crippen LogP contribution in [0, 0.1) is 10.1 Å². The van der Waals surface area contributed by atoms with Crippen molar-refractivity contribution in [3.63, 3.8) is 0 Å². The molecule has 1 rings (SSSR count). The average molecular weight is 240 g/mol. The Morgan fingerprint density at radius 3 is 2.82 bits per heavy atom. The van der Waals surface area contributed by atoms with Crippen LogP contribution in [0.5, 0.6) is 5.75 Å². The predicted molar refractivity (Wildman–Crippen MR) is 58.3 cm³/mol. The zero-order valence-electron chi connectivity index (χ0n) is 9.12. The van der Waals surface area contributed by atoms with E-state index < -0.39 is 16.9 Å². The smallest absolute Gasteiger partial charge is 0.307 e. The number of carbonyl (C=O) groups excluding carboxylic acids is 1. The average Bonchev–Trinajstić information content (AvgIpc) is 2.28. The van der Waals surface area contributed by atoms with E-state index in [4.69, 9.17) is 5.73 Å². The molecule has 0 spiro atoms. The minimum atomic E-state index is -0.894. The van der Waals surface area contributed by atoms with Gasteiger partial charge in [-0.2, -0.15) is 0 Å². The Balaban J connectivity index is 3.06. The number of nitro groups is 1. The third kappa shape index (κ3) is 3.15. The van der Waals surface area contributed by atoms with Gasteiger partial charge in [-0.15, -0.1) is 0 Å². The number of ether oxygens (including phenoxy) is 1. The molecule has 1 aromatic rings. The molecule has 7 heteroatoms. The zero-order chi connectivity index (χ0) is 13.0. The number of rotatable bonds is 4. The summed E-state index contributed by atoms with van der Waals surface area (Å²) in [5.41, 5.74) is 5.52. The van der Waals surface area contributed by atoms with E-state index in [1.165, 1.54) is 19.2 Å². The van der Waals surface area contributed by atoms with E-state index in [1.807, 2.05) is 0 Å². The summed E-state index contributed by atoms with van der Waals surface area (Å²) in [5.74, 6) is -0.721. The molecule has 0 unspecified atom stereocenters. The van der Waals surface area contributed by atoms with Crippen LogP contribution in [0.1, 0.15) is 18.0 Å². The molecule has 0 radical (unpaired) electrons. The number of phenols is 1. The van der Waals surface area contributed by atoms with Crippen molar-refractivity contribution in [2.75, 3.05) is 7.11 Å². The van der Waals surface area contributed by atoms with Crippen LogP contribution in [0.2, 0.25) is 0 Å². The molecule has 0 saturated carbocycles. The van der Waals surface area contributed by atoms with Crippen LogP contribution in [0.15, 0.2) is 18.2 Å². The molecular weight excluding hydrogens is 228 g/mol. The maximum atomic E-state index is 11.0. The normalized spacial score (nSPS) is 11.9. The second kappa shape index (κ2) is 5.26. The number of methoxy groups -OCH3 is 1. The SMILES string of the molecule is COC(=O)C[C@H](N)c1cc(O)ccc1[N+](=O)[O-]. The Hall–Kier alpha value is -2.15. The van der Waals surface area contributed by atoms with Crippen molar-refractivity contribution in [1.29, 1.82) is 0 Å². The van der Waals surface area contributed by atoms with Gasteiger partial charge in [0, 0.05) is 12.1 Å². The van der Waals surface area contributed by atoms with E-state index in [0.29, 0.717) is 0 Å². The number of nitro benzene ring substituents is 1. The summed E-state index contributed by atoms with van der Waals surface area (Å²) in [5, 5.41) is 20.0. The maximum Gasteiger partial charge on any atom is 0.307 e. The van der Waals surface area contributed by atoms with Crippen molar-refractivity contribution in [1.82, 2.24) is 0 Å². The van der Waals surface area contributed by atoms with Gasteiger partial charge in [0.1, 0.15) is 5.75 Å². The van der Waals surface area contributed by atoms with E-state index in [1.54, 1.807) is 0 Å². The van der Waals surface area contributed by atoms with Gasteiger partial charge in [-0.1, -0.05) is 0 Å². The number of carbonyl (C=O) groups is 1. The summed E-state index contributed by atoms with van der Waals surface area (Å²) < 4.78 is 4.42. The topological polar surface area (TPSA) is 116 Å². The lowest BCUT2D eigenvalue weighted by Gasteiger charge is -2.11. The Labute approximate surface area is 97.0 Å². The summed E-state index contributed by atoms with van der Waals surface area (Å²) in [6.45, 7) is 0. The molecule has 3 N–H and O–H groups in total. The Bertz CT molecular complexity index is 446. The third-order valence-corrected chi connectivity index (χ3v) is 2.22. The quantitative estimate of drug-likeness (QED) is 0.458. The monoisotopic (exact) mass is 240 g/mol. The maximum absolute atomic E-state index is 11.0. The third-order valence-electron chi connectivity index (χ3n) is 2.22. The van der Waals surface area contributed by atoms with Crippen LogP contribution in [0.25, 0.3) is 0 Å². The molecule has 0 amide bonds. The van der Waals surface area contributed by atoms with E-state index in [9.17, 15) is 20.0 Å². The van der Waals surface area contributed by atoms with Crippen LogP contribution in [0.3, 0.4) is 0 Å². The lowest BCUT2D eigenvalue weighted by atomic mass is 10.0. The highest BCUT2D eigenvalue weighted by atomic mass is 16.6. The first-order valence-electron chi connectivity index (χ1n) is 4.75. The number of phenolic OH excluding ortho intramolecular Hbond substituents is 1.